The quantitative estimate of drug-likeness (QED) is 0.823. The molecular weight excluding hydrogens is 342 g/mol. The van der Waals surface area contributed by atoms with Gasteiger partial charge in [-0.25, -0.2) is 18.2 Å². The maximum atomic E-state index is 13.2. The maximum absolute atomic E-state index is 13.2. The first-order valence-electron chi connectivity index (χ1n) is 7.99. The number of carbonyl (C=O) groups is 1. The molecule has 0 amide bonds. The third-order valence-corrected chi connectivity index (χ3v) is 6.68. The van der Waals surface area contributed by atoms with Crippen molar-refractivity contribution in [2.45, 2.75) is 18.2 Å². The van der Waals surface area contributed by atoms with E-state index in [1.807, 2.05) is 6.92 Å². The molecule has 2 N–H and O–H groups in total. The summed E-state index contributed by atoms with van der Waals surface area (Å²) in [6.45, 7) is 3.24. The predicted octanol–water partition coefficient (Wildman–Crippen LogP) is 1.38. The molecule has 2 aromatic rings. The summed E-state index contributed by atoms with van der Waals surface area (Å²) in [7, 11) is -2.43. The average Bonchev–Trinajstić information content (AvgIpc) is 3.03. The molecule has 0 spiro atoms. The molecule has 134 valence electrons. The van der Waals surface area contributed by atoms with Crippen LogP contribution in [0.5, 0.6) is 0 Å². The van der Waals surface area contributed by atoms with E-state index in [0.29, 0.717) is 30.4 Å². The molecule has 7 nitrogen and oxygen atoms in total. The number of nitrogens with two attached hydrogens (primary N) is 1. The molecule has 3 rings (SSSR count). The largest absolute Gasteiger partial charge is 0.464 e. The van der Waals surface area contributed by atoms with Crippen molar-refractivity contribution in [1.82, 2.24) is 9.29 Å². The van der Waals surface area contributed by atoms with Crippen molar-refractivity contribution < 1.29 is 17.9 Å². The number of sulfonamides is 1. The van der Waals surface area contributed by atoms with Gasteiger partial charge in [-0.15, -0.1) is 0 Å². The summed E-state index contributed by atoms with van der Waals surface area (Å²) in [5, 5.41) is 0.912. The Morgan fingerprint density at radius 1 is 1.36 bits per heavy atom. The molecule has 0 aliphatic carbocycles. The minimum Gasteiger partial charge on any atom is -0.464 e. The first-order chi connectivity index (χ1) is 11.8. The highest BCUT2D eigenvalue weighted by atomic mass is 32.2. The van der Waals surface area contributed by atoms with Crippen molar-refractivity contribution in [2.75, 3.05) is 26.7 Å². The smallest absolute Gasteiger partial charge is 0.357 e. The maximum Gasteiger partial charge on any atom is 0.357 e. The standard InChI is InChI=1S/C17H21N3O4S/c1-17(10-18)7-9-20(11-17)25(22,23)14-5-3-4-13-12(14)6-8-19-15(13)16(21)24-2/h3-6,8H,7,9-11,18H2,1-2H3. The molecule has 1 unspecified atom stereocenters. The molecule has 8 heteroatoms. The summed E-state index contributed by atoms with van der Waals surface area (Å²) < 4.78 is 32.5. The second-order valence-corrected chi connectivity index (χ2v) is 8.51. The number of carbonyl (C=O) groups excluding carboxylic acids is 1. The fraction of sp³-hybridized carbons (Fsp3) is 0.412. The molecule has 1 aromatic carbocycles. The molecule has 0 radical (unpaired) electrons. The van der Waals surface area contributed by atoms with E-state index in [1.54, 1.807) is 24.3 Å². The number of aromatic nitrogens is 1. The van der Waals surface area contributed by atoms with E-state index in [2.05, 4.69) is 4.98 Å². The predicted molar refractivity (Wildman–Crippen MR) is 93.6 cm³/mol. The molecule has 1 aliphatic rings. The number of hydrogen-bond acceptors (Lipinski definition) is 6. The monoisotopic (exact) mass is 363 g/mol. The number of ether oxygens (including phenoxy) is 1. The Kier molecular flexibility index (Phi) is 4.52. The number of pyridine rings is 1. The zero-order valence-electron chi connectivity index (χ0n) is 14.2. The van der Waals surface area contributed by atoms with Crippen LogP contribution >= 0.6 is 0 Å². The number of hydrogen-bond donors (Lipinski definition) is 1. The first-order valence-corrected chi connectivity index (χ1v) is 9.43. The van der Waals surface area contributed by atoms with Gasteiger partial charge in [0.25, 0.3) is 0 Å². The molecule has 1 saturated heterocycles. The van der Waals surface area contributed by atoms with Crippen molar-refractivity contribution in [1.29, 1.82) is 0 Å². The van der Waals surface area contributed by atoms with Crippen molar-refractivity contribution in [3.05, 3.63) is 36.2 Å². The second-order valence-electron chi connectivity index (χ2n) is 6.61. The van der Waals surface area contributed by atoms with E-state index >= 15 is 0 Å². The minimum absolute atomic E-state index is 0.102. The van der Waals surface area contributed by atoms with Crippen LogP contribution in [0.1, 0.15) is 23.8 Å². The van der Waals surface area contributed by atoms with Gasteiger partial charge in [-0.1, -0.05) is 19.1 Å². The molecule has 1 aliphatic heterocycles. The number of benzene rings is 1. The summed E-state index contributed by atoms with van der Waals surface area (Å²) in [4.78, 5) is 16.1. The number of esters is 1. The van der Waals surface area contributed by atoms with Crippen molar-refractivity contribution >= 4 is 26.8 Å². The number of nitrogens with zero attached hydrogens (tertiary/aromatic N) is 2. The van der Waals surface area contributed by atoms with Gasteiger partial charge in [-0.3, -0.25) is 0 Å². The van der Waals surface area contributed by atoms with Gasteiger partial charge in [-0.05, 0) is 30.5 Å². The van der Waals surface area contributed by atoms with Gasteiger partial charge in [0.1, 0.15) is 0 Å². The fourth-order valence-corrected chi connectivity index (χ4v) is 4.95. The van der Waals surface area contributed by atoms with Gasteiger partial charge >= 0.3 is 5.97 Å². The normalized spacial score (nSPS) is 21.6. The average molecular weight is 363 g/mol. The zero-order chi connectivity index (χ0) is 18.2. The van der Waals surface area contributed by atoms with Gasteiger partial charge in [-0.2, -0.15) is 4.31 Å². The van der Waals surface area contributed by atoms with Crippen LogP contribution in [0.3, 0.4) is 0 Å². The second kappa shape index (κ2) is 6.36. The minimum atomic E-state index is -3.70. The van der Waals surface area contributed by atoms with Crippen LogP contribution in [0, 0.1) is 5.41 Å². The lowest BCUT2D eigenvalue weighted by atomic mass is 9.90. The lowest BCUT2D eigenvalue weighted by Crippen LogP contribution is -2.34. The third-order valence-electron chi connectivity index (χ3n) is 4.78. The van der Waals surface area contributed by atoms with Crippen LogP contribution in [-0.2, 0) is 14.8 Å². The number of fused-ring (bicyclic) bond motifs is 1. The molecule has 25 heavy (non-hydrogen) atoms. The number of methoxy groups -OCH3 is 1. The molecular formula is C17H21N3O4S. The Hall–Kier alpha value is -2.03. The van der Waals surface area contributed by atoms with Crippen LogP contribution in [0.25, 0.3) is 10.8 Å². The number of rotatable bonds is 4. The van der Waals surface area contributed by atoms with Crippen molar-refractivity contribution in [3.63, 3.8) is 0 Å². The summed E-state index contributed by atoms with van der Waals surface area (Å²) >= 11 is 0. The van der Waals surface area contributed by atoms with Crippen LogP contribution in [0.15, 0.2) is 35.4 Å². The fourth-order valence-electron chi connectivity index (χ4n) is 3.15. The zero-order valence-corrected chi connectivity index (χ0v) is 15.0. The summed E-state index contributed by atoms with van der Waals surface area (Å²) in [5.41, 5.74) is 5.68. The van der Waals surface area contributed by atoms with Crippen LogP contribution < -0.4 is 5.73 Å². The Labute approximate surface area is 146 Å². The van der Waals surface area contributed by atoms with E-state index in [0.717, 1.165) is 6.42 Å². The van der Waals surface area contributed by atoms with E-state index in [1.165, 1.54) is 17.6 Å². The molecule has 0 saturated carbocycles. The Bertz CT molecular complexity index is 929. The summed E-state index contributed by atoms with van der Waals surface area (Å²) in [6.07, 6.45) is 2.14. The van der Waals surface area contributed by atoms with E-state index < -0.39 is 16.0 Å². The first kappa shape index (κ1) is 17.8. The van der Waals surface area contributed by atoms with Crippen LogP contribution in [-0.4, -0.2) is 50.4 Å². The Morgan fingerprint density at radius 3 is 2.76 bits per heavy atom. The molecule has 1 atom stereocenters. The van der Waals surface area contributed by atoms with Gasteiger partial charge in [0.15, 0.2) is 5.69 Å². The topological polar surface area (TPSA) is 103 Å². The van der Waals surface area contributed by atoms with Crippen molar-refractivity contribution in [2.24, 2.45) is 11.1 Å². The van der Waals surface area contributed by atoms with Gasteiger partial charge < -0.3 is 10.5 Å². The lowest BCUT2D eigenvalue weighted by Gasteiger charge is -2.23. The van der Waals surface area contributed by atoms with Crippen LogP contribution in [0.2, 0.25) is 0 Å². The van der Waals surface area contributed by atoms with Crippen LogP contribution in [0.4, 0.5) is 0 Å². The summed E-state index contributed by atoms with van der Waals surface area (Å²) in [5.74, 6) is -0.600. The van der Waals surface area contributed by atoms with Gasteiger partial charge in [0.05, 0.1) is 12.0 Å². The van der Waals surface area contributed by atoms with Crippen molar-refractivity contribution in [3.8, 4) is 0 Å². The third kappa shape index (κ3) is 3.01. The SMILES string of the molecule is COC(=O)c1nccc2c(S(=O)(=O)N3CCC(C)(CN)C3)cccc12. The Morgan fingerprint density at radius 2 is 2.12 bits per heavy atom. The molecule has 0 bridgehead atoms. The van der Waals surface area contributed by atoms with E-state index in [-0.39, 0.29) is 16.0 Å². The summed E-state index contributed by atoms with van der Waals surface area (Å²) in [6, 6.07) is 6.44. The van der Waals surface area contributed by atoms with Gasteiger partial charge in [0.2, 0.25) is 10.0 Å². The van der Waals surface area contributed by atoms with Gasteiger partial charge in [0, 0.05) is 30.1 Å². The highest BCUT2D eigenvalue weighted by Crippen LogP contribution is 2.34. The molecule has 1 aromatic heterocycles. The lowest BCUT2D eigenvalue weighted by molar-refractivity contribution is 0.0596. The highest BCUT2D eigenvalue weighted by Gasteiger charge is 2.39. The van der Waals surface area contributed by atoms with E-state index in [9.17, 15) is 13.2 Å². The molecule has 2 heterocycles. The highest BCUT2D eigenvalue weighted by molar-refractivity contribution is 7.89. The van der Waals surface area contributed by atoms with E-state index in [4.69, 9.17) is 10.5 Å². The molecule has 1 fully saturated rings. The Balaban J connectivity index is 2.12.